The maximum Gasteiger partial charge on any atom is 0.243 e. The number of nitrogens with zero attached hydrogens (tertiary/aromatic N) is 3. The highest BCUT2D eigenvalue weighted by Crippen LogP contribution is 2.24. The number of rotatable bonds is 5. The lowest BCUT2D eigenvalue weighted by molar-refractivity contribution is 0.128. The highest BCUT2D eigenvalue weighted by Gasteiger charge is 2.30. The Kier molecular flexibility index (Phi) is 5.19. The van der Waals surface area contributed by atoms with Crippen molar-refractivity contribution in [3.8, 4) is 11.6 Å². The van der Waals surface area contributed by atoms with Crippen molar-refractivity contribution >= 4 is 10.0 Å². The van der Waals surface area contributed by atoms with Crippen molar-refractivity contribution in [3.05, 3.63) is 42.1 Å². The fourth-order valence-corrected chi connectivity index (χ4v) is 4.18. The number of aryl methyl sites for hydroxylation is 1. The summed E-state index contributed by atoms with van der Waals surface area (Å²) < 4.78 is 37.8. The Morgan fingerprint density at radius 3 is 2.28 bits per heavy atom. The second kappa shape index (κ2) is 7.37. The number of benzene rings is 1. The van der Waals surface area contributed by atoms with Gasteiger partial charge in [0.05, 0.1) is 17.7 Å². The lowest BCUT2D eigenvalue weighted by atomic mass is 10.1. The summed E-state index contributed by atoms with van der Waals surface area (Å²) in [5, 5.41) is 7.95. The third-order valence-electron chi connectivity index (χ3n) is 4.16. The third-order valence-corrected chi connectivity index (χ3v) is 6.07. The third kappa shape index (κ3) is 4.08. The highest BCUT2D eigenvalue weighted by atomic mass is 32.2. The minimum absolute atomic E-state index is 0.0562. The number of methoxy groups -OCH3 is 1. The molecule has 0 amide bonds. The average molecular weight is 363 g/mol. The summed E-state index contributed by atoms with van der Waals surface area (Å²) in [6.07, 6.45) is 1.18. The van der Waals surface area contributed by atoms with Crippen molar-refractivity contribution in [2.45, 2.75) is 30.8 Å². The molecule has 0 bridgehead atoms. The van der Waals surface area contributed by atoms with Crippen LogP contribution in [0.5, 0.6) is 11.6 Å². The summed E-state index contributed by atoms with van der Waals surface area (Å²) >= 11 is 0. The van der Waals surface area contributed by atoms with Gasteiger partial charge in [-0.1, -0.05) is 0 Å². The maximum atomic E-state index is 12.7. The summed E-state index contributed by atoms with van der Waals surface area (Å²) in [5.41, 5.74) is 0.827. The van der Waals surface area contributed by atoms with Crippen LogP contribution in [0.25, 0.3) is 0 Å². The number of aromatic nitrogens is 2. The molecule has 0 spiro atoms. The molecule has 1 aromatic carbocycles. The van der Waals surface area contributed by atoms with Crippen molar-refractivity contribution in [2.75, 3.05) is 20.2 Å². The predicted octanol–water partition coefficient (Wildman–Crippen LogP) is 2.03. The molecule has 1 aromatic heterocycles. The van der Waals surface area contributed by atoms with Crippen LogP contribution in [0.1, 0.15) is 18.5 Å². The van der Waals surface area contributed by atoms with E-state index in [-0.39, 0.29) is 11.0 Å². The van der Waals surface area contributed by atoms with E-state index in [1.165, 1.54) is 4.31 Å². The van der Waals surface area contributed by atoms with Gasteiger partial charge in [0.25, 0.3) is 0 Å². The summed E-state index contributed by atoms with van der Waals surface area (Å²) in [6.45, 7) is 2.69. The molecule has 3 rings (SSSR count). The first-order valence-electron chi connectivity index (χ1n) is 8.10. The number of sulfonamides is 1. The van der Waals surface area contributed by atoms with Gasteiger partial charge in [0.2, 0.25) is 15.9 Å². The van der Waals surface area contributed by atoms with E-state index < -0.39 is 10.0 Å². The van der Waals surface area contributed by atoms with E-state index in [1.807, 2.05) is 13.0 Å². The smallest absolute Gasteiger partial charge is 0.243 e. The topological polar surface area (TPSA) is 81.6 Å². The Balaban J connectivity index is 1.61. The molecule has 0 N–H and O–H groups in total. The minimum Gasteiger partial charge on any atom is -0.497 e. The first kappa shape index (κ1) is 17.6. The fourth-order valence-electron chi connectivity index (χ4n) is 2.71. The minimum atomic E-state index is -3.49. The molecular weight excluding hydrogens is 342 g/mol. The van der Waals surface area contributed by atoms with Crippen LogP contribution in [-0.2, 0) is 10.0 Å². The van der Waals surface area contributed by atoms with E-state index in [1.54, 1.807) is 37.4 Å². The molecular formula is C17H21N3O4S. The molecule has 134 valence electrons. The Bertz CT molecular complexity index is 799. The van der Waals surface area contributed by atoms with Crippen molar-refractivity contribution in [2.24, 2.45) is 0 Å². The van der Waals surface area contributed by atoms with Gasteiger partial charge in [-0.25, -0.2) is 8.42 Å². The monoisotopic (exact) mass is 363 g/mol. The van der Waals surface area contributed by atoms with Crippen molar-refractivity contribution in [1.82, 2.24) is 14.5 Å². The Morgan fingerprint density at radius 1 is 1.04 bits per heavy atom. The standard InChI is InChI=1S/C17H21N3O4S/c1-13-3-8-17(19-18-13)24-15-9-11-20(12-10-15)25(21,22)16-6-4-14(23-2)5-7-16/h3-8,15H,9-12H2,1-2H3. The van der Waals surface area contributed by atoms with Crippen LogP contribution >= 0.6 is 0 Å². The van der Waals surface area contributed by atoms with Crippen LogP contribution in [0.4, 0.5) is 0 Å². The zero-order chi connectivity index (χ0) is 17.9. The van der Waals surface area contributed by atoms with Gasteiger partial charge in [-0.3, -0.25) is 0 Å². The fraction of sp³-hybridized carbons (Fsp3) is 0.412. The van der Waals surface area contributed by atoms with E-state index in [0.717, 1.165) is 5.69 Å². The van der Waals surface area contributed by atoms with E-state index in [9.17, 15) is 8.42 Å². The Morgan fingerprint density at radius 2 is 1.72 bits per heavy atom. The maximum absolute atomic E-state index is 12.7. The van der Waals surface area contributed by atoms with Crippen LogP contribution in [-0.4, -0.2) is 49.2 Å². The van der Waals surface area contributed by atoms with Gasteiger partial charge >= 0.3 is 0 Å². The van der Waals surface area contributed by atoms with Gasteiger partial charge in [-0.15, -0.1) is 5.10 Å². The van der Waals surface area contributed by atoms with Crippen LogP contribution in [0, 0.1) is 6.92 Å². The molecule has 1 aliphatic heterocycles. The largest absolute Gasteiger partial charge is 0.497 e. The van der Waals surface area contributed by atoms with Gasteiger partial charge in [-0.2, -0.15) is 9.40 Å². The van der Waals surface area contributed by atoms with Crippen molar-refractivity contribution < 1.29 is 17.9 Å². The van der Waals surface area contributed by atoms with E-state index >= 15 is 0 Å². The van der Waals surface area contributed by atoms with Gasteiger partial charge in [0, 0.05) is 19.2 Å². The summed E-state index contributed by atoms with van der Waals surface area (Å²) in [6, 6.07) is 10.1. The predicted molar refractivity (Wildman–Crippen MR) is 92.2 cm³/mol. The van der Waals surface area contributed by atoms with E-state index in [2.05, 4.69) is 10.2 Å². The SMILES string of the molecule is COc1ccc(S(=O)(=O)N2CCC(Oc3ccc(C)nn3)CC2)cc1. The molecule has 7 nitrogen and oxygen atoms in total. The normalized spacial score (nSPS) is 16.6. The van der Waals surface area contributed by atoms with E-state index in [0.29, 0.717) is 37.6 Å². The summed E-state index contributed by atoms with van der Waals surface area (Å²) in [5.74, 6) is 1.10. The molecule has 1 aliphatic rings. The molecule has 0 atom stereocenters. The summed E-state index contributed by atoms with van der Waals surface area (Å²) in [7, 11) is -1.95. The van der Waals surface area contributed by atoms with Gasteiger partial charge in [0.15, 0.2) is 0 Å². The second-order valence-corrected chi connectivity index (χ2v) is 7.85. The first-order chi connectivity index (χ1) is 12.0. The Labute approximate surface area is 147 Å². The lowest BCUT2D eigenvalue weighted by Crippen LogP contribution is -2.41. The number of hydrogen-bond donors (Lipinski definition) is 0. The van der Waals surface area contributed by atoms with Crippen LogP contribution < -0.4 is 9.47 Å². The quantitative estimate of drug-likeness (QED) is 0.808. The average Bonchev–Trinajstić information content (AvgIpc) is 2.64. The van der Waals surface area contributed by atoms with Crippen molar-refractivity contribution in [3.63, 3.8) is 0 Å². The highest BCUT2D eigenvalue weighted by molar-refractivity contribution is 7.89. The molecule has 0 unspecified atom stereocenters. The van der Waals surface area contributed by atoms with Gasteiger partial charge < -0.3 is 9.47 Å². The molecule has 0 radical (unpaired) electrons. The summed E-state index contributed by atoms with van der Waals surface area (Å²) in [4.78, 5) is 0.275. The molecule has 0 aliphatic carbocycles. The Hall–Kier alpha value is -2.19. The number of piperidine rings is 1. The van der Waals surface area contributed by atoms with Crippen LogP contribution in [0.15, 0.2) is 41.3 Å². The zero-order valence-corrected chi connectivity index (χ0v) is 15.1. The number of ether oxygens (including phenoxy) is 2. The van der Waals surface area contributed by atoms with E-state index in [4.69, 9.17) is 9.47 Å². The van der Waals surface area contributed by atoms with Crippen LogP contribution in [0.3, 0.4) is 0 Å². The number of hydrogen-bond acceptors (Lipinski definition) is 6. The first-order valence-corrected chi connectivity index (χ1v) is 9.54. The molecule has 8 heteroatoms. The van der Waals surface area contributed by atoms with Crippen molar-refractivity contribution in [1.29, 1.82) is 0 Å². The van der Waals surface area contributed by atoms with Gasteiger partial charge in [-0.05, 0) is 50.1 Å². The molecule has 0 saturated carbocycles. The molecule has 1 fully saturated rings. The van der Waals surface area contributed by atoms with Gasteiger partial charge in [0.1, 0.15) is 11.9 Å². The molecule has 2 aromatic rings. The lowest BCUT2D eigenvalue weighted by Gasteiger charge is -2.31. The molecule has 25 heavy (non-hydrogen) atoms. The zero-order valence-electron chi connectivity index (χ0n) is 14.3. The molecule has 1 saturated heterocycles. The van der Waals surface area contributed by atoms with Crippen LogP contribution in [0.2, 0.25) is 0 Å². The second-order valence-electron chi connectivity index (χ2n) is 5.91. The molecule has 2 heterocycles.